The van der Waals surface area contributed by atoms with Gasteiger partial charge in [-0.25, -0.2) is 0 Å². The van der Waals surface area contributed by atoms with Crippen molar-refractivity contribution in [3.8, 4) is 12.1 Å². The molecule has 1 aromatic heterocycles. The van der Waals surface area contributed by atoms with Gasteiger partial charge in [-0.1, -0.05) is 0 Å². The van der Waals surface area contributed by atoms with Gasteiger partial charge in [0.1, 0.15) is 5.92 Å². The number of aromatic nitrogens is 1. The Morgan fingerprint density at radius 2 is 2.25 bits per heavy atom. The molecule has 1 aromatic rings. The Hall–Kier alpha value is -2.00. The van der Waals surface area contributed by atoms with Crippen molar-refractivity contribution in [1.82, 2.24) is 4.57 Å². The number of nitrogens with zero attached hydrogens (tertiary/aromatic N) is 3. The van der Waals surface area contributed by atoms with Crippen LogP contribution in [0.15, 0.2) is 23.9 Å². The van der Waals surface area contributed by atoms with E-state index in [0.29, 0.717) is 5.57 Å². The molecular weight excluding hydrogens is 150 g/mol. The molecule has 0 spiro atoms. The van der Waals surface area contributed by atoms with Crippen LogP contribution in [0.4, 0.5) is 0 Å². The van der Waals surface area contributed by atoms with Crippen LogP contribution >= 0.6 is 0 Å². The molecule has 0 aliphatic carbocycles. The predicted molar refractivity (Wildman–Crippen MR) is 42.7 cm³/mol. The summed E-state index contributed by atoms with van der Waals surface area (Å²) in [4.78, 5) is 0. The highest BCUT2D eigenvalue weighted by Gasteiger charge is 2.24. The lowest BCUT2D eigenvalue weighted by molar-refractivity contribution is 0.995. The van der Waals surface area contributed by atoms with Gasteiger partial charge < -0.3 is 4.57 Å². The van der Waals surface area contributed by atoms with Gasteiger partial charge in [0.2, 0.25) is 0 Å². The molecule has 0 N–H and O–H groups in total. The lowest BCUT2D eigenvalue weighted by Gasteiger charge is -1.96. The summed E-state index contributed by atoms with van der Waals surface area (Å²) in [6, 6.07) is 7.83. The van der Waals surface area contributed by atoms with E-state index >= 15 is 0 Å². The van der Waals surface area contributed by atoms with Crippen molar-refractivity contribution < 1.29 is 0 Å². The van der Waals surface area contributed by atoms with E-state index in [9.17, 15) is 0 Å². The summed E-state index contributed by atoms with van der Waals surface area (Å²) in [6.45, 7) is 0. The second kappa shape index (κ2) is 2.25. The van der Waals surface area contributed by atoms with E-state index in [2.05, 4.69) is 6.07 Å². The molecule has 3 heteroatoms. The zero-order chi connectivity index (χ0) is 8.55. The summed E-state index contributed by atoms with van der Waals surface area (Å²) < 4.78 is 1.81. The van der Waals surface area contributed by atoms with Gasteiger partial charge in [0, 0.05) is 18.1 Å². The fourth-order valence-electron chi connectivity index (χ4n) is 1.38. The number of rotatable bonds is 0. The number of hydrogen-bond acceptors (Lipinski definition) is 2. The minimum atomic E-state index is -0.370. The maximum atomic E-state index is 8.78. The molecule has 0 amide bonds. The summed E-state index contributed by atoms with van der Waals surface area (Å²) in [7, 11) is 0. The molecule has 12 heavy (non-hydrogen) atoms. The first-order valence-electron chi connectivity index (χ1n) is 3.55. The highest BCUT2D eigenvalue weighted by atomic mass is 15.0. The molecule has 2 rings (SSSR count). The third-order valence-corrected chi connectivity index (χ3v) is 1.95. The standard InChI is InChI=1S/C9H5N3/c10-4-7-6-12-3-1-2-9(12)8(7)5-11/h1-3,6,8H. The second-order valence-corrected chi connectivity index (χ2v) is 2.60. The zero-order valence-corrected chi connectivity index (χ0v) is 6.23. The smallest absolute Gasteiger partial charge is 0.123 e. The Balaban J connectivity index is 2.57. The van der Waals surface area contributed by atoms with Gasteiger partial charge in [0.05, 0.1) is 17.7 Å². The minimum absolute atomic E-state index is 0.370. The SMILES string of the molecule is N#CC1=Cn2cccc2C1C#N. The second-order valence-electron chi connectivity index (χ2n) is 2.60. The fraction of sp³-hybridized carbons (Fsp3) is 0.111. The molecule has 0 fully saturated rings. The van der Waals surface area contributed by atoms with Crippen LogP contribution in [0, 0.1) is 22.7 Å². The van der Waals surface area contributed by atoms with Gasteiger partial charge in [-0.05, 0) is 12.1 Å². The van der Waals surface area contributed by atoms with Crippen LogP contribution in [0.1, 0.15) is 11.6 Å². The molecule has 1 aliphatic rings. The van der Waals surface area contributed by atoms with Gasteiger partial charge in [0.15, 0.2) is 0 Å². The first-order valence-corrected chi connectivity index (χ1v) is 3.55. The van der Waals surface area contributed by atoms with Crippen LogP contribution in [0.25, 0.3) is 6.20 Å². The summed E-state index contributed by atoms with van der Waals surface area (Å²) in [5.74, 6) is -0.370. The normalized spacial score (nSPS) is 19.2. The van der Waals surface area contributed by atoms with Gasteiger partial charge in [-0.15, -0.1) is 0 Å². The molecular formula is C9H5N3. The van der Waals surface area contributed by atoms with Crippen molar-refractivity contribution in [3.63, 3.8) is 0 Å². The molecule has 3 nitrogen and oxygen atoms in total. The molecule has 56 valence electrons. The van der Waals surface area contributed by atoms with Crippen LogP contribution in [0.5, 0.6) is 0 Å². The van der Waals surface area contributed by atoms with Gasteiger partial charge in [-0.3, -0.25) is 0 Å². The molecule has 0 radical (unpaired) electrons. The van der Waals surface area contributed by atoms with Crippen molar-refractivity contribution in [2.75, 3.05) is 0 Å². The van der Waals surface area contributed by atoms with Crippen molar-refractivity contribution in [2.24, 2.45) is 0 Å². The van der Waals surface area contributed by atoms with Crippen molar-refractivity contribution in [1.29, 1.82) is 10.5 Å². The highest BCUT2D eigenvalue weighted by Crippen LogP contribution is 2.30. The molecule has 0 saturated heterocycles. The predicted octanol–water partition coefficient (Wildman–Crippen LogP) is 1.47. The highest BCUT2D eigenvalue weighted by molar-refractivity contribution is 5.57. The first kappa shape index (κ1) is 6.69. The maximum absolute atomic E-state index is 8.78. The minimum Gasteiger partial charge on any atom is -0.325 e. The van der Waals surface area contributed by atoms with Crippen molar-refractivity contribution in [2.45, 2.75) is 5.92 Å². The van der Waals surface area contributed by atoms with Crippen LogP contribution in [-0.2, 0) is 0 Å². The Labute approximate surface area is 69.8 Å². The third kappa shape index (κ3) is 0.681. The van der Waals surface area contributed by atoms with Crippen LogP contribution < -0.4 is 0 Å². The quantitative estimate of drug-likeness (QED) is 0.569. The van der Waals surface area contributed by atoms with Crippen molar-refractivity contribution >= 4 is 6.20 Å². The summed E-state index contributed by atoms with van der Waals surface area (Å²) >= 11 is 0. The number of nitriles is 2. The van der Waals surface area contributed by atoms with E-state index in [4.69, 9.17) is 10.5 Å². The third-order valence-electron chi connectivity index (χ3n) is 1.95. The van der Waals surface area contributed by atoms with Crippen molar-refractivity contribution in [3.05, 3.63) is 29.6 Å². The Kier molecular flexibility index (Phi) is 1.26. The largest absolute Gasteiger partial charge is 0.325 e. The molecule has 0 bridgehead atoms. The number of hydrogen-bond donors (Lipinski definition) is 0. The summed E-state index contributed by atoms with van der Waals surface area (Å²) in [5.41, 5.74) is 1.40. The average Bonchev–Trinajstić information content (AvgIpc) is 2.61. The summed E-state index contributed by atoms with van der Waals surface area (Å²) in [5, 5.41) is 17.5. The zero-order valence-electron chi connectivity index (χ0n) is 6.23. The van der Waals surface area contributed by atoms with Gasteiger partial charge in [-0.2, -0.15) is 10.5 Å². The Morgan fingerprint density at radius 1 is 1.42 bits per heavy atom. The molecule has 0 aromatic carbocycles. The monoisotopic (exact) mass is 155 g/mol. The lowest BCUT2D eigenvalue weighted by Crippen LogP contribution is -1.93. The topological polar surface area (TPSA) is 52.5 Å². The van der Waals surface area contributed by atoms with Crippen LogP contribution in [0.2, 0.25) is 0 Å². The Bertz CT molecular complexity index is 425. The molecule has 2 heterocycles. The van der Waals surface area contributed by atoms with E-state index in [1.54, 1.807) is 6.20 Å². The van der Waals surface area contributed by atoms with E-state index < -0.39 is 0 Å². The van der Waals surface area contributed by atoms with E-state index in [-0.39, 0.29) is 5.92 Å². The number of fused-ring (bicyclic) bond motifs is 1. The van der Waals surface area contributed by atoms with E-state index in [1.807, 2.05) is 29.0 Å². The summed E-state index contributed by atoms with van der Waals surface area (Å²) in [6.07, 6.45) is 3.53. The van der Waals surface area contributed by atoms with Crippen LogP contribution in [0.3, 0.4) is 0 Å². The van der Waals surface area contributed by atoms with Gasteiger partial charge >= 0.3 is 0 Å². The first-order chi connectivity index (χ1) is 5.86. The average molecular weight is 155 g/mol. The number of allylic oxidation sites excluding steroid dienone is 1. The molecule has 1 aliphatic heterocycles. The molecule has 0 saturated carbocycles. The maximum Gasteiger partial charge on any atom is 0.123 e. The van der Waals surface area contributed by atoms with E-state index in [0.717, 1.165) is 5.69 Å². The Morgan fingerprint density at radius 3 is 2.92 bits per heavy atom. The van der Waals surface area contributed by atoms with Crippen LogP contribution in [-0.4, -0.2) is 4.57 Å². The molecule has 1 unspecified atom stereocenters. The van der Waals surface area contributed by atoms with Gasteiger partial charge in [0.25, 0.3) is 0 Å². The lowest BCUT2D eigenvalue weighted by atomic mass is 10.0. The van der Waals surface area contributed by atoms with E-state index in [1.165, 1.54) is 0 Å². The fourth-order valence-corrected chi connectivity index (χ4v) is 1.38. The molecule has 1 atom stereocenters.